The smallest absolute Gasteiger partial charge is 0.132 e. The van der Waals surface area contributed by atoms with Gasteiger partial charge >= 0.3 is 0 Å². The summed E-state index contributed by atoms with van der Waals surface area (Å²) in [5, 5.41) is 30.3. The number of likely N-dealkylation sites (N-methyl/N-ethyl adjacent to an activating group) is 1. The van der Waals surface area contributed by atoms with Crippen LogP contribution < -0.4 is 5.73 Å². The van der Waals surface area contributed by atoms with Gasteiger partial charge in [0.2, 0.25) is 0 Å². The number of aliphatic hydroxyl groups excluding tert-OH is 3. The summed E-state index contributed by atoms with van der Waals surface area (Å²) in [5.74, 6) is 0. The molecule has 0 saturated carbocycles. The third-order valence-electron chi connectivity index (χ3n) is 4.85. The van der Waals surface area contributed by atoms with E-state index >= 15 is 0 Å². The summed E-state index contributed by atoms with van der Waals surface area (Å²) >= 11 is 2.91. The van der Waals surface area contributed by atoms with Gasteiger partial charge < -0.3 is 30.7 Å². The van der Waals surface area contributed by atoms with Crippen LogP contribution in [-0.4, -0.2) is 88.3 Å². The van der Waals surface area contributed by atoms with Crippen LogP contribution in [-0.2, 0) is 11.2 Å². The van der Waals surface area contributed by atoms with Crippen molar-refractivity contribution in [3.8, 4) is 0 Å². The molecule has 1 aliphatic heterocycles. The van der Waals surface area contributed by atoms with Crippen molar-refractivity contribution in [3.05, 3.63) is 29.8 Å². The summed E-state index contributed by atoms with van der Waals surface area (Å²) in [6.07, 6.45) is -1.54. The average molecular weight is 417 g/mol. The number of hydrogen-bond donors (Lipinski definition) is 4. The Bertz CT molecular complexity index is 573. The van der Waals surface area contributed by atoms with Gasteiger partial charge in [0, 0.05) is 22.7 Å². The highest BCUT2D eigenvalue weighted by Gasteiger charge is 2.46. The Morgan fingerprint density at radius 3 is 2.30 bits per heavy atom. The summed E-state index contributed by atoms with van der Waals surface area (Å²) in [7, 11) is 4.12. The Balaban J connectivity index is 1.97. The summed E-state index contributed by atoms with van der Waals surface area (Å²) in [4.78, 5) is 3.26. The first-order valence-electron chi connectivity index (χ1n) is 9.13. The lowest BCUT2D eigenvalue weighted by molar-refractivity contribution is -0.202. The monoisotopic (exact) mass is 416 g/mol. The fourth-order valence-electron chi connectivity index (χ4n) is 3.03. The number of hydrogen-bond acceptors (Lipinski definition) is 8. The standard InChI is InChI=1S/C19H32N2O4S2/c1-11(27-13-7-5-12(6-8-13)9-10-21(2)3)14(20)18-16(23)15(22)17(24)19(25-18)26-4/h5-8,11,14-19,22-24H,9-10,20H2,1-4H3/t11-,14+,15?,16?,17?,18?,19?/m0/s1. The van der Waals surface area contributed by atoms with Crippen LogP contribution >= 0.6 is 23.5 Å². The Morgan fingerprint density at radius 2 is 1.74 bits per heavy atom. The minimum absolute atomic E-state index is 0.0396. The number of benzene rings is 1. The largest absolute Gasteiger partial charge is 0.388 e. The second-order valence-corrected chi connectivity index (χ2v) is 9.66. The van der Waals surface area contributed by atoms with Crippen LogP contribution in [0.5, 0.6) is 0 Å². The molecule has 0 amide bonds. The lowest BCUT2D eigenvalue weighted by atomic mass is 9.94. The summed E-state index contributed by atoms with van der Waals surface area (Å²) in [5.41, 5.74) is 7.04. The molecule has 7 atom stereocenters. The minimum Gasteiger partial charge on any atom is -0.388 e. The zero-order valence-electron chi connectivity index (χ0n) is 16.4. The molecule has 27 heavy (non-hydrogen) atoms. The van der Waals surface area contributed by atoms with E-state index in [1.165, 1.54) is 17.3 Å². The lowest BCUT2D eigenvalue weighted by Crippen LogP contribution is -2.62. The van der Waals surface area contributed by atoms with Gasteiger partial charge in [0.15, 0.2) is 0 Å². The van der Waals surface area contributed by atoms with Crippen LogP contribution in [0, 0.1) is 0 Å². The minimum atomic E-state index is -1.26. The van der Waals surface area contributed by atoms with Crippen LogP contribution in [0.15, 0.2) is 29.2 Å². The van der Waals surface area contributed by atoms with Crippen molar-refractivity contribution >= 4 is 23.5 Å². The average Bonchev–Trinajstić information content (AvgIpc) is 2.65. The fourth-order valence-corrected chi connectivity index (χ4v) is 4.75. The van der Waals surface area contributed by atoms with Gasteiger partial charge in [0.1, 0.15) is 29.9 Å². The maximum atomic E-state index is 10.3. The SMILES string of the molecule is CSC1OC([C@H](N)[C@H](C)Sc2ccc(CCN(C)C)cc2)C(O)C(O)C1O. The summed E-state index contributed by atoms with van der Waals surface area (Å²) in [6.45, 7) is 2.99. The second kappa shape index (κ2) is 10.5. The number of ether oxygens (including phenoxy) is 1. The molecular formula is C19H32N2O4S2. The lowest BCUT2D eigenvalue weighted by Gasteiger charge is -2.43. The van der Waals surface area contributed by atoms with E-state index in [0.29, 0.717) is 0 Å². The highest BCUT2D eigenvalue weighted by atomic mass is 32.2. The zero-order chi connectivity index (χ0) is 20.1. The molecule has 0 aliphatic carbocycles. The van der Waals surface area contributed by atoms with Crippen LogP contribution in [0.1, 0.15) is 12.5 Å². The predicted octanol–water partition coefficient (Wildman–Crippen LogP) is 0.769. The topological polar surface area (TPSA) is 99.2 Å². The van der Waals surface area contributed by atoms with E-state index in [0.717, 1.165) is 17.9 Å². The molecule has 1 aromatic carbocycles. The fraction of sp³-hybridized carbons (Fsp3) is 0.684. The van der Waals surface area contributed by atoms with Crippen LogP contribution in [0.4, 0.5) is 0 Å². The van der Waals surface area contributed by atoms with Crippen molar-refractivity contribution in [1.29, 1.82) is 0 Å². The first kappa shape index (κ1) is 23.0. The van der Waals surface area contributed by atoms with Gasteiger partial charge in [-0.25, -0.2) is 0 Å². The Morgan fingerprint density at radius 1 is 1.11 bits per heavy atom. The molecule has 2 rings (SSSR count). The Hall–Kier alpha value is -0.320. The summed E-state index contributed by atoms with van der Waals surface area (Å²) in [6, 6.07) is 7.93. The molecule has 0 radical (unpaired) electrons. The molecule has 1 aliphatic rings. The van der Waals surface area contributed by atoms with E-state index in [-0.39, 0.29) is 5.25 Å². The van der Waals surface area contributed by atoms with Crippen molar-refractivity contribution in [2.24, 2.45) is 5.73 Å². The molecule has 8 heteroatoms. The molecule has 154 valence electrons. The number of nitrogens with zero attached hydrogens (tertiary/aromatic N) is 1. The van der Waals surface area contributed by atoms with E-state index < -0.39 is 35.9 Å². The number of thioether (sulfide) groups is 2. The third kappa shape index (κ3) is 6.08. The van der Waals surface area contributed by atoms with Gasteiger partial charge in [-0.2, -0.15) is 0 Å². The van der Waals surface area contributed by atoms with Gasteiger partial charge in [-0.15, -0.1) is 23.5 Å². The molecule has 1 heterocycles. The third-order valence-corrected chi connectivity index (χ3v) is 6.94. The highest BCUT2D eigenvalue weighted by Crippen LogP contribution is 2.32. The maximum absolute atomic E-state index is 10.3. The van der Waals surface area contributed by atoms with Crippen molar-refractivity contribution in [3.63, 3.8) is 0 Å². The molecule has 0 aromatic heterocycles. The van der Waals surface area contributed by atoms with E-state index in [4.69, 9.17) is 10.5 Å². The highest BCUT2D eigenvalue weighted by molar-refractivity contribution is 8.00. The molecular weight excluding hydrogens is 384 g/mol. The van der Waals surface area contributed by atoms with Gasteiger partial charge in [0.25, 0.3) is 0 Å². The van der Waals surface area contributed by atoms with E-state index in [1.54, 1.807) is 18.0 Å². The van der Waals surface area contributed by atoms with E-state index in [1.807, 2.05) is 6.92 Å². The quantitative estimate of drug-likeness (QED) is 0.461. The molecule has 6 nitrogen and oxygen atoms in total. The number of nitrogens with two attached hydrogens (primary N) is 1. The van der Waals surface area contributed by atoms with Gasteiger partial charge in [-0.1, -0.05) is 19.1 Å². The molecule has 5 unspecified atom stereocenters. The molecule has 0 spiro atoms. The summed E-state index contributed by atoms with van der Waals surface area (Å²) < 4.78 is 5.78. The molecule has 1 saturated heterocycles. The number of rotatable bonds is 8. The molecule has 5 N–H and O–H groups in total. The van der Waals surface area contributed by atoms with Crippen molar-refractivity contribution in [2.45, 2.75) is 59.4 Å². The normalized spacial score (nSPS) is 31.1. The van der Waals surface area contributed by atoms with Gasteiger partial charge in [0.05, 0.1) is 0 Å². The van der Waals surface area contributed by atoms with Crippen molar-refractivity contribution < 1.29 is 20.1 Å². The number of aliphatic hydroxyl groups is 3. The van der Waals surface area contributed by atoms with Crippen LogP contribution in [0.2, 0.25) is 0 Å². The molecule has 1 fully saturated rings. The Labute approximate surface area is 170 Å². The van der Waals surface area contributed by atoms with E-state index in [2.05, 4.69) is 43.3 Å². The van der Waals surface area contributed by atoms with E-state index in [9.17, 15) is 15.3 Å². The van der Waals surface area contributed by atoms with Crippen LogP contribution in [0.3, 0.4) is 0 Å². The molecule has 0 bridgehead atoms. The predicted molar refractivity (Wildman–Crippen MR) is 112 cm³/mol. The van der Waals surface area contributed by atoms with Crippen molar-refractivity contribution in [2.75, 3.05) is 26.9 Å². The first-order chi connectivity index (χ1) is 12.7. The van der Waals surface area contributed by atoms with Gasteiger partial charge in [-0.05, 0) is 44.5 Å². The zero-order valence-corrected chi connectivity index (χ0v) is 18.0. The first-order valence-corrected chi connectivity index (χ1v) is 11.3. The van der Waals surface area contributed by atoms with Crippen LogP contribution in [0.25, 0.3) is 0 Å². The maximum Gasteiger partial charge on any atom is 0.132 e. The molecule has 1 aromatic rings. The van der Waals surface area contributed by atoms with Gasteiger partial charge in [-0.3, -0.25) is 0 Å². The Kier molecular flexibility index (Phi) is 8.89. The van der Waals surface area contributed by atoms with Crippen molar-refractivity contribution in [1.82, 2.24) is 4.90 Å². The second-order valence-electron chi connectivity index (χ2n) is 7.27.